The lowest BCUT2D eigenvalue weighted by molar-refractivity contribution is 0.0550. The van der Waals surface area contributed by atoms with Gasteiger partial charge in [-0.1, -0.05) is 12.1 Å². The molecule has 7 heteroatoms. The average Bonchev–Trinajstić information content (AvgIpc) is 2.78. The number of carbonyl (C=O) groups excluding carboxylic acids is 2. The Morgan fingerprint density at radius 1 is 1.26 bits per heavy atom. The Bertz CT molecular complexity index is 762. The molecule has 2 heterocycles. The van der Waals surface area contributed by atoms with Gasteiger partial charge in [0.15, 0.2) is 5.75 Å². The van der Waals surface area contributed by atoms with Crippen LogP contribution in [0.4, 0.5) is 4.39 Å². The third-order valence-electron chi connectivity index (χ3n) is 3.53. The van der Waals surface area contributed by atoms with Crippen molar-refractivity contribution < 1.29 is 18.7 Å². The van der Waals surface area contributed by atoms with Gasteiger partial charge in [-0.05, 0) is 41.6 Å². The monoisotopic (exact) mass is 426 g/mol. The van der Waals surface area contributed by atoms with E-state index in [0.29, 0.717) is 20.4 Å². The maximum atomic E-state index is 13.0. The number of pyridine rings is 1. The number of halogens is 2. The fourth-order valence-electron chi connectivity index (χ4n) is 2.39. The van der Waals surface area contributed by atoms with Crippen LogP contribution in [-0.4, -0.2) is 34.3 Å². The molecule has 23 heavy (non-hydrogen) atoms. The molecule has 5 nitrogen and oxygen atoms in total. The van der Waals surface area contributed by atoms with Crippen LogP contribution in [0.2, 0.25) is 0 Å². The summed E-state index contributed by atoms with van der Waals surface area (Å²) in [6.07, 6.45) is 1.28. The minimum Gasteiger partial charge on any atom is -0.489 e. The zero-order chi connectivity index (χ0) is 16.6. The molecule has 0 unspecified atom stereocenters. The third kappa shape index (κ3) is 2.92. The van der Waals surface area contributed by atoms with Crippen molar-refractivity contribution in [3.8, 4) is 5.75 Å². The van der Waals surface area contributed by atoms with Crippen LogP contribution in [0, 0.1) is 9.52 Å². The fourth-order valence-corrected chi connectivity index (χ4v) is 2.95. The lowest BCUT2D eigenvalue weighted by Crippen LogP contribution is -2.41. The zero-order valence-corrected chi connectivity index (χ0v) is 14.3. The summed E-state index contributed by atoms with van der Waals surface area (Å²) in [6, 6.07) is 7.51. The molecule has 0 fully saturated rings. The van der Waals surface area contributed by atoms with E-state index < -0.39 is 12.0 Å². The fraction of sp³-hybridized carbons (Fsp3) is 0.188. The van der Waals surface area contributed by atoms with Crippen molar-refractivity contribution in [3.63, 3.8) is 0 Å². The number of imide groups is 1. The normalized spacial score (nSPS) is 14.8. The molecule has 0 saturated heterocycles. The quantitative estimate of drug-likeness (QED) is 0.429. The molecule has 1 aromatic carbocycles. The maximum Gasteiger partial charge on any atom is 0.261 e. The van der Waals surface area contributed by atoms with Gasteiger partial charge in [-0.15, -0.1) is 0 Å². The molecule has 0 N–H and O–H groups in total. The van der Waals surface area contributed by atoms with Gasteiger partial charge in [0.1, 0.15) is 6.61 Å². The first-order valence-corrected chi connectivity index (χ1v) is 7.97. The average molecular weight is 426 g/mol. The van der Waals surface area contributed by atoms with Gasteiger partial charge >= 0.3 is 0 Å². The summed E-state index contributed by atoms with van der Waals surface area (Å²) in [5.74, 6) is -0.826. The molecular weight excluding hydrogens is 414 g/mol. The number of benzene rings is 1. The number of fused-ring (bicyclic) bond motifs is 1. The lowest BCUT2D eigenvalue weighted by atomic mass is 10.1. The molecule has 1 atom stereocenters. The van der Waals surface area contributed by atoms with Crippen LogP contribution in [0.3, 0.4) is 0 Å². The predicted octanol–water partition coefficient (Wildman–Crippen LogP) is 2.89. The van der Waals surface area contributed by atoms with Crippen molar-refractivity contribution in [1.29, 1.82) is 0 Å². The minimum atomic E-state index is -0.588. The van der Waals surface area contributed by atoms with Crippen molar-refractivity contribution in [3.05, 3.63) is 57.2 Å². The number of hydrogen-bond donors (Lipinski definition) is 0. The van der Waals surface area contributed by atoms with Gasteiger partial charge in [-0.25, -0.2) is 4.98 Å². The Labute approximate surface area is 145 Å². The smallest absolute Gasteiger partial charge is 0.261 e. The van der Waals surface area contributed by atoms with Gasteiger partial charge in [0, 0.05) is 6.07 Å². The van der Waals surface area contributed by atoms with Crippen molar-refractivity contribution in [2.45, 2.75) is 13.0 Å². The van der Waals surface area contributed by atoms with E-state index in [4.69, 9.17) is 4.74 Å². The second-order valence-corrected chi connectivity index (χ2v) is 6.29. The van der Waals surface area contributed by atoms with E-state index in [1.54, 1.807) is 31.2 Å². The molecular formula is C16H12FIN2O3. The van der Waals surface area contributed by atoms with Gasteiger partial charge in [-0.3, -0.25) is 14.5 Å². The molecule has 118 valence electrons. The standard InChI is InChI=1S/C16H12FIN2O3/c1-9(8-23-13-7-19-14(17)6-12(13)18)20-15(21)10-4-2-3-5-11(10)16(20)22/h2-7,9H,8H2,1H3/t9-/m1/s1. The summed E-state index contributed by atoms with van der Waals surface area (Å²) in [5, 5.41) is 0. The van der Waals surface area contributed by atoms with Gasteiger partial charge < -0.3 is 4.74 Å². The zero-order valence-electron chi connectivity index (χ0n) is 12.1. The van der Waals surface area contributed by atoms with Crippen LogP contribution in [0.25, 0.3) is 0 Å². The van der Waals surface area contributed by atoms with Crippen molar-refractivity contribution in [2.75, 3.05) is 6.61 Å². The van der Waals surface area contributed by atoms with Crippen molar-refractivity contribution in [1.82, 2.24) is 9.88 Å². The Balaban J connectivity index is 1.73. The van der Waals surface area contributed by atoms with E-state index in [2.05, 4.69) is 4.98 Å². The second kappa shape index (κ2) is 6.23. The van der Waals surface area contributed by atoms with Crippen LogP contribution < -0.4 is 4.74 Å². The van der Waals surface area contributed by atoms with Gasteiger partial charge in [0.05, 0.1) is 26.9 Å². The van der Waals surface area contributed by atoms with Gasteiger partial charge in [0.25, 0.3) is 11.8 Å². The molecule has 0 aliphatic carbocycles. The molecule has 1 aliphatic heterocycles. The summed E-state index contributed by atoms with van der Waals surface area (Å²) in [7, 11) is 0. The summed E-state index contributed by atoms with van der Waals surface area (Å²) < 4.78 is 19.1. The number of nitrogens with zero attached hydrogens (tertiary/aromatic N) is 2. The van der Waals surface area contributed by atoms with Crippen molar-refractivity contribution in [2.24, 2.45) is 0 Å². The summed E-state index contributed by atoms with van der Waals surface area (Å²) in [4.78, 5) is 29.4. The third-order valence-corrected chi connectivity index (χ3v) is 4.38. The maximum absolute atomic E-state index is 13.0. The highest BCUT2D eigenvalue weighted by Gasteiger charge is 2.38. The number of aromatic nitrogens is 1. The topological polar surface area (TPSA) is 59.5 Å². The van der Waals surface area contributed by atoms with Crippen LogP contribution >= 0.6 is 22.6 Å². The Hall–Kier alpha value is -2.03. The summed E-state index contributed by atoms with van der Waals surface area (Å²) >= 11 is 1.94. The van der Waals surface area contributed by atoms with Gasteiger partial charge in [0.2, 0.25) is 5.95 Å². The SMILES string of the molecule is C[C@H](COc1cnc(F)cc1I)N1C(=O)c2ccccc2C1=O. The largest absolute Gasteiger partial charge is 0.489 e. The Kier molecular flexibility index (Phi) is 4.29. The first-order chi connectivity index (χ1) is 11.0. The van der Waals surface area contributed by atoms with E-state index in [1.807, 2.05) is 22.6 Å². The number of ether oxygens (including phenoxy) is 1. The molecule has 1 aromatic heterocycles. The highest BCUT2D eigenvalue weighted by molar-refractivity contribution is 14.1. The van der Waals surface area contributed by atoms with Crippen molar-refractivity contribution >= 4 is 34.4 Å². The molecule has 0 radical (unpaired) electrons. The molecule has 0 bridgehead atoms. The van der Waals surface area contributed by atoms with E-state index >= 15 is 0 Å². The number of rotatable bonds is 4. The lowest BCUT2D eigenvalue weighted by Gasteiger charge is -2.22. The van der Waals surface area contributed by atoms with E-state index in [0.717, 1.165) is 0 Å². The Morgan fingerprint density at radius 3 is 2.43 bits per heavy atom. The first kappa shape index (κ1) is 15.9. The Morgan fingerprint density at radius 2 is 1.87 bits per heavy atom. The molecule has 1 aliphatic rings. The molecule has 0 saturated carbocycles. The highest BCUT2D eigenvalue weighted by atomic mass is 127. The molecule has 0 spiro atoms. The number of carbonyl (C=O) groups is 2. The highest BCUT2D eigenvalue weighted by Crippen LogP contribution is 2.25. The van der Waals surface area contributed by atoms with E-state index in [9.17, 15) is 14.0 Å². The van der Waals surface area contributed by atoms with Crippen LogP contribution in [0.15, 0.2) is 36.5 Å². The number of amides is 2. The second-order valence-electron chi connectivity index (χ2n) is 5.12. The van der Waals surface area contributed by atoms with E-state index in [-0.39, 0.29) is 18.4 Å². The minimum absolute atomic E-state index is 0.106. The number of hydrogen-bond acceptors (Lipinski definition) is 4. The predicted molar refractivity (Wildman–Crippen MR) is 88.8 cm³/mol. The summed E-state index contributed by atoms with van der Waals surface area (Å²) in [5.41, 5.74) is 0.810. The molecule has 2 amide bonds. The first-order valence-electron chi connectivity index (χ1n) is 6.90. The summed E-state index contributed by atoms with van der Waals surface area (Å²) in [6.45, 7) is 1.83. The van der Waals surface area contributed by atoms with Crippen LogP contribution in [0.1, 0.15) is 27.6 Å². The van der Waals surface area contributed by atoms with Crippen LogP contribution in [0.5, 0.6) is 5.75 Å². The van der Waals surface area contributed by atoms with E-state index in [1.165, 1.54) is 17.2 Å². The van der Waals surface area contributed by atoms with Gasteiger partial charge in [-0.2, -0.15) is 4.39 Å². The molecule has 3 rings (SSSR count). The van der Waals surface area contributed by atoms with Crippen LogP contribution in [-0.2, 0) is 0 Å². The molecule has 2 aromatic rings.